The maximum absolute atomic E-state index is 12.1. The third-order valence-electron chi connectivity index (χ3n) is 3.50. The molecule has 1 aromatic heterocycles. The molecule has 7 heteroatoms. The molecule has 1 heterocycles. The van der Waals surface area contributed by atoms with Gasteiger partial charge in [0.2, 0.25) is 0 Å². The van der Waals surface area contributed by atoms with E-state index in [4.69, 9.17) is 0 Å². The summed E-state index contributed by atoms with van der Waals surface area (Å²) in [5.74, 6) is -1.56. The lowest BCUT2D eigenvalue weighted by Crippen LogP contribution is -2.45. The Morgan fingerprint density at radius 3 is 2.84 bits per heavy atom. The number of rotatable bonds is 4. The molecule has 0 saturated heterocycles. The van der Waals surface area contributed by atoms with Crippen molar-refractivity contribution in [3.63, 3.8) is 0 Å². The van der Waals surface area contributed by atoms with Crippen molar-refractivity contribution < 1.29 is 14.7 Å². The molecule has 0 spiro atoms. The van der Waals surface area contributed by atoms with Crippen molar-refractivity contribution in [1.29, 1.82) is 0 Å². The van der Waals surface area contributed by atoms with E-state index in [0.29, 0.717) is 23.4 Å². The molecule has 6 nitrogen and oxygen atoms in total. The number of aliphatic carboxylic acids is 1. The maximum Gasteiger partial charge on any atom is 0.308 e. The van der Waals surface area contributed by atoms with Crippen LogP contribution in [0.2, 0.25) is 0 Å². The van der Waals surface area contributed by atoms with Crippen LogP contribution in [0.25, 0.3) is 0 Å². The molecule has 1 saturated carbocycles. The van der Waals surface area contributed by atoms with Crippen molar-refractivity contribution in [2.45, 2.75) is 45.1 Å². The zero-order chi connectivity index (χ0) is 13.8. The van der Waals surface area contributed by atoms with Crippen molar-refractivity contribution in [1.82, 2.24) is 14.9 Å². The lowest BCUT2D eigenvalue weighted by Gasteiger charge is -2.29. The Labute approximate surface area is 115 Å². The second-order valence-electron chi connectivity index (χ2n) is 4.71. The van der Waals surface area contributed by atoms with Crippen molar-refractivity contribution in [2.24, 2.45) is 5.92 Å². The fraction of sp³-hybridized carbons (Fsp3) is 0.667. The van der Waals surface area contributed by atoms with E-state index in [2.05, 4.69) is 14.9 Å². The van der Waals surface area contributed by atoms with Crippen molar-refractivity contribution in [2.75, 3.05) is 0 Å². The van der Waals surface area contributed by atoms with Crippen LogP contribution in [0, 0.1) is 5.92 Å². The van der Waals surface area contributed by atoms with Gasteiger partial charge in [-0.15, -0.1) is 5.10 Å². The highest BCUT2D eigenvalue weighted by Crippen LogP contribution is 2.25. The average molecular weight is 283 g/mol. The van der Waals surface area contributed by atoms with Crippen molar-refractivity contribution in [3.05, 3.63) is 10.6 Å². The van der Waals surface area contributed by atoms with Crippen LogP contribution in [0.3, 0.4) is 0 Å². The summed E-state index contributed by atoms with van der Waals surface area (Å²) in [5, 5.41) is 15.9. The van der Waals surface area contributed by atoms with Gasteiger partial charge in [-0.25, -0.2) is 0 Å². The van der Waals surface area contributed by atoms with E-state index >= 15 is 0 Å². The molecule has 0 bridgehead atoms. The summed E-state index contributed by atoms with van der Waals surface area (Å²) in [7, 11) is 0. The third kappa shape index (κ3) is 3.09. The SMILES string of the molecule is CCc1nnsc1C(=O)NC1CCCCC1C(=O)O. The summed E-state index contributed by atoms with van der Waals surface area (Å²) in [6.45, 7) is 1.91. The quantitative estimate of drug-likeness (QED) is 0.873. The molecular formula is C12H17N3O3S. The minimum absolute atomic E-state index is 0.245. The smallest absolute Gasteiger partial charge is 0.308 e. The Hall–Kier alpha value is -1.50. The lowest BCUT2D eigenvalue weighted by molar-refractivity contribution is -0.143. The second-order valence-corrected chi connectivity index (χ2v) is 5.47. The third-order valence-corrected chi connectivity index (χ3v) is 4.26. The van der Waals surface area contributed by atoms with Crippen molar-refractivity contribution in [3.8, 4) is 0 Å². The number of aryl methyl sites for hydroxylation is 1. The van der Waals surface area contributed by atoms with E-state index in [1.165, 1.54) is 0 Å². The predicted octanol–water partition coefficient (Wildman–Crippen LogP) is 1.47. The van der Waals surface area contributed by atoms with Gasteiger partial charge in [0.05, 0.1) is 11.6 Å². The largest absolute Gasteiger partial charge is 0.481 e. The Morgan fingerprint density at radius 1 is 1.42 bits per heavy atom. The van der Waals surface area contributed by atoms with Gasteiger partial charge in [-0.2, -0.15) is 0 Å². The van der Waals surface area contributed by atoms with E-state index in [-0.39, 0.29) is 11.9 Å². The lowest BCUT2D eigenvalue weighted by atomic mass is 9.84. The standard InChI is InChI=1S/C12H17N3O3S/c1-2-8-10(19-15-14-8)11(16)13-9-6-4-3-5-7(9)12(17)18/h7,9H,2-6H2,1H3,(H,13,16)(H,17,18). The first kappa shape index (κ1) is 13.9. The van der Waals surface area contributed by atoms with Gasteiger partial charge in [0.15, 0.2) is 0 Å². The highest BCUT2D eigenvalue weighted by Gasteiger charge is 2.32. The fourth-order valence-corrected chi connectivity index (χ4v) is 3.10. The van der Waals surface area contributed by atoms with Gasteiger partial charge in [0.1, 0.15) is 4.88 Å². The molecule has 0 aromatic carbocycles. The molecule has 1 amide bonds. The van der Waals surface area contributed by atoms with Gasteiger partial charge in [0, 0.05) is 6.04 Å². The number of carbonyl (C=O) groups excluding carboxylic acids is 1. The monoisotopic (exact) mass is 283 g/mol. The number of carboxylic acids is 1. The van der Waals surface area contributed by atoms with Crippen LogP contribution < -0.4 is 5.32 Å². The molecule has 1 aliphatic rings. The van der Waals surface area contributed by atoms with E-state index in [9.17, 15) is 14.7 Å². The molecule has 0 aliphatic heterocycles. The summed E-state index contributed by atoms with van der Waals surface area (Å²) in [4.78, 5) is 23.8. The minimum Gasteiger partial charge on any atom is -0.481 e. The molecule has 1 aromatic rings. The van der Waals surface area contributed by atoms with Gasteiger partial charge >= 0.3 is 5.97 Å². The van der Waals surface area contributed by atoms with Crippen molar-refractivity contribution >= 4 is 23.4 Å². The van der Waals surface area contributed by atoms with Gasteiger partial charge in [-0.05, 0) is 30.8 Å². The first-order valence-electron chi connectivity index (χ1n) is 6.48. The van der Waals surface area contributed by atoms with E-state index < -0.39 is 11.9 Å². The van der Waals surface area contributed by atoms with E-state index in [0.717, 1.165) is 30.8 Å². The predicted molar refractivity (Wildman–Crippen MR) is 70.1 cm³/mol. The molecule has 19 heavy (non-hydrogen) atoms. The summed E-state index contributed by atoms with van der Waals surface area (Å²) in [6.07, 6.45) is 3.85. The Kier molecular flexibility index (Phi) is 4.47. The van der Waals surface area contributed by atoms with Crippen LogP contribution in [0.4, 0.5) is 0 Å². The first-order chi connectivity index (χ1) is 9.13. The first-order valence-corrected chi connectivity index (χ1v) is 7.25. The number of carboxylic acid groups (broad SMARTS) is 1. The van der Waals surface area contributed by atoms with Crippen LogP contribution >= 0.6 is 11.5 Å². The Morgan fingerprint density at radius 2 is 2.16 bits per heavy atom. The molecule has 2 N–H and O–H groups in total. The number of hydrogen-bond donors (Lipinski definition) is 2. The molecule has 0 radical (unpaired) electrons. The molecule has 2 atom stereocenters. The van der Waals surface area contributed by atoms with Gasteiger partial charge < -0.3 is 10.4 Å². The van der Waals surface area contributed by atoms with Crippen LogP contribution in [0.1, 0.15) is 48.0 Å². The number of aromatic nitrogens is 2. The normalized spacial score (nSPS) is 23.0. The van der Waals surface area contributed by atoms with E-state index in [1.807, 2.05) is 6.92 Å². The maximum atomic E-state index is 12.1. The van der Waals surface area contributed by atoms with Gasteiger partial charge in [0.25, 0.3) is 5.91 Å². The fourth-order valence-electron chi connectivity index (χ4n) is 2.45. The zero-order valence-electron chi connectivity index (χ0n) is 10.8. The van der Waals surface area contributed by atoms with E-state index in [1.54, 1.807) is 0 Å². The second kappa shape index (κ2) is 6.10. The summed E-state index contributed by atoms with van der Waals surface area (Å²) in [6, 6.07) is -0.287. The Balaban J connectivity index is 2.07. The molecule has 1 fully saturated rings. The molecular weight excluding hydrogens is 266 g/mol. The van der Waals surface area contributed by atoms with Gasteiger partial charge in [-0.3, -0.25) is 9.59 Å². The summed E-state index contributed by atoms with van der Waals surface area (Å²) < 4.78 is 3.78. The Bertz CT molecular complexity index is 475. The highest BCUT2D eigenvalue weighted by molar-refractivity contribution is 7.08. The molecule has 1 aliphatic carbocycles. The minimum atomic E-state index is -0.830. The van der Waals surface area contributed by atoms with Crippen LogP contribution in [0.15, 0.2) is 0 Å². The number of hydrogen-bond acceptors (Lipinski definition) is 5. The highest BCUT2D eigenvalue weighted by atomic mass is 32.1. The molecule has 104 valence electrons. The van der Waals surface area contributed by atoms with Gasteiger partial charge in [-0.1, -0.05) is 24.3 Å². The number of amides is 1. The average Bonchev–Trinajstić information content (AvgIpc) is 2.87. The van der Waals surface area contributed by atoms with Crippen LogP contribution in [-0.2, 0) is 11.2 Å². The van der Waals surface area contributed by atoms with Crippen LogP contribution in [0.5, 0.6) is 0 Å². The number of nitrogens with one attached hydrogen (secondary N) is 1. The molecule has 2 unspecified atom stereocenters. The van der Waals surface area contributed by atoms with Crippen LogP contribution in [-0.4, -0.2) is 32.6 Å². The molecule has 2 rings (SSSR count). The summed E-state index contributed by atoms with van der Waals surface area (Å²) in [5.41, 5.74) is 0.671. The number of carbonyl (C=O) groups is 2. The topological polar surface area (TPSA) is 92.2 Å². The zero-order valence-corrected chi connectivity index (χ0v) is 11.6. The number of nitrogens with zero attached hydrogens (tertiary/aromatic N) is 2. The summed E-state index contributed by atoms with van der Waals surface area (Å²) >= 11 is 1.06.